The van der Waals surface area contributed by atoms with Crippen LogP contribution in [0, 0.1) is 0 Å². The van der Waals surface area contributed by atoms with E-state index in [0.29, 0.717) is 12.1 Å². The predicted molar refractivity (Wildman–Crippen MR) is 89.6 cm³/mol. The van der Waals surface area contributed by atoms with Gasteiger partial charge in [0, 0.05) is 12.1 Å². The fourth-order valence-corrected chi connectivity index (χ4v) is 2.36. The maximum atomic E-state index is 11.7. The first-order chi connectivity index (χ1) is 10.2. The third-order valence-electron chi connectivity index (χ3n) is 4.47. The van der Waals surface area contributed by atoms with Gasteiger partial charge in [-0.2, -0.15) is 0 Å². The molecule has 2 N–H and O–H groups in total. The molecule has 1 aliphatic rings. The number of nitrogens with two attached hydrogens (primary N) is 1. The summed E-state index contributed by atoms with van der Waals surface area (Å²) in [6.07, 6.45) is 1.90. The number of hydrogen-bond acceptors (Lipinski definition) is 4. The zero-order valence-electron chi connectivity index (χ0n) is 14.0. The Bertz CT molecular complexity index is 592. The minimum atomic E-state index is -0.491. The van der Waals surface area contributed by atoms with Crippen LogP contribution in [-0.4, -0.2) is 30.6 Å². The number of carbonyl (C=O) groups excluding carboxylic acids is 1. The van der Waals surface area contributed by atoms with Crippen molar-refractivity contribution in [3.05, 3.63) is 40.9 Å². The molecule has 0 spiro atoms. The Morgan fingerprint density at radius 3 is 2.23 bits per heavy atom. The Morgan fingerprint density at radius 1 is 1.18 bits per heavy atom. The molecule has 4 nitrogen and oxygen atoms in total. The molecule has 0 aromatic heterocycles. The molecule has 1 aromatic carbocycles. The standard InChI is InChI=1S/C17H24BNO3/c1-12(20)15-9-7-6-8-13(15)10-14(11-19)18-21-16(2,3)17(4,5)22-18/h6-10H,11,19H2,1-5H3. The van der Waals surface area contributed by atoms with Gasteiger partial charge < -0.3 is 15.0 Å². The highest BCUT2D eigenvalue weighted by Gasteiger charge is 2.52. The fraction of sp³-hybridized carbons (Fsp3) is 0.471. The van der Waals surface area contributed by atoms with Crippen molar-refractivity contribution in [2.45, 2.75) is 45.8 Å². The Hall–Kier alpha value is -1.43. The quantitative estimate of drug-likeness (QED) is 0.686. The Kier molecular flexibility index (Phi) is 4.61. The molecule has 1 aliphatic heterocycles. The number of ketones is 1. The van der Waals surface area contributed by atoms with Crippen molar-refractivity contribution in [3.8, 4) is 0 Å². The second-order valence-electron chi connectivity index (χ2n) is 6.66. The van der Waals surface area contributed by atoms with Crippen LogP contribution in [0.3, 0.4) is 0 Å². The van der Waals surface area contributed by atoms with Crippen molar-refractivity contribution < 1.29 is 14.1 Å². The van der Waals surface area contributed by atoms with E-state index in [1.165, 1.54) is 0 Å². The molecule has 0 aliphatic carbocycles. The molecule has 0 bridgehead atoms. The summed E-state index contributed by atoms with van der Waals surface area (Å²) >= 11 is 0. The van der Waals surface area contributed by atoms with Gasteiger partial charge in [0.2, 0.25) is 0 Å². The van der Waals surface area contributed by atoms with Crippen LogP contribution in [0.2, 0.25) is 0 Å². The SMILES string of the molecule is CC(=O)c1ccccc1C=C(CN)B1OC(C)(C)C(C)(C)O1. The second kappa shape index (κ2) is 5.99. The van der Waals surface area contributed by atoms with Gasteiger partial charge in [-0.15, -0.1) is 0 Å². The summed E-state index contributed by atoms with van der Waals surface area (Å²) in [4.78, 5) is 11.7. The van der Waals surface area contributed by atoms with Crippen molar-refractivity contribution in [1.29, 1.82) is 0 Å². The van der Waals surface area contributed by atoms with Gasteiger partial charge in [-0.25, -0.2) is 0 Å². The lowest BCUT2D eigenvalue weighted by Crippen LogP contribution is -2.41. The van der Waals surface area contributed by atoms with Crippen molar-refractivity contribution in [1.82, 2.24) is 0 Å². The number of rotatable bonds is 4. The van der Waals surface area contributed by atoms with Gasteiger partial charge in [0.05, 0.1) is 11.2 Å². The minimum absolute atomic E-state index is 0.0251. The van der Waals surface area contributed by atoms with Crippen LogP contribution < -0.4 is 5.73 Å². The fourth-order valence-electron chi connectivity index (χ4n) is 2.36. The first-order valence-corrected chi connectivity index (χ1v) is 7.54. The van der Waals surface area contributed by atoms with Crippen molar-refractivity contribution >= 4 is 19.0 Å². The maximum absolute atomic E-state index is 11.7. The zero-order chi connectivity index (χ0) is 16.5. The van der Waals surface area contributed by atoms with Crippen LogP contribution in [0.5, 0.6) is 0 Å². The number of benzene rings is 1. The molecule has 0 amide bonds. The lowest BCUT2D eigenvalue weighted by atomic mass is 9.76. The summed E-state index contributed by atoms with van der Waals surface area (Å²) in [7, 11) is -0.491. The topological polar surface area (TPSA) is 61.6 Å². The molecule has 1 heterocycles. The second-order valence-corrected chi connectivity index (χ2v) is 6.66. The van der Waals surface area contributed by atoms with E-state index in [9.17, 15) is 4.79 Å². The molecule has 1 aromatic rings. The van der Waals surface area contributed by atoms with Gasteiger partial charge in [0.25, 0.3) is 0 Å². The van der Waals surface area contributed by atoms with Crippen LogP contribution in [0.1, 0.15) is 50.5 Å². The molecule has 0 radical (unpaired) electrons. The van der Waals surface area contributed by atoms with Gasteiger partial charge in [-0.3, -0.25) is 4.79 Å². The first-order valence-electron chi connectivity index (χ1n) is 7.54. The largest absolute Gasteiger partial charge is 0.491 e. The summed E-state index contributed by atoms with van der Waals surface area (Å²) < 4.78 is 12.1. The Morgan fingerprint density at radius 2 is 1.73 bits per heavy atom. The monoisotopic (exact) mass is 301 g/mol. The summed E-state index contributed by atoms with van der Waals surface area (Å²) in [5, 5.41) is 0. The zero-order valence-corrected chi connectivity index (χ0v) is 14.0. The van der Waals surface area contributed by atoms with E-state index in [-0.39, 0.29) is 5.78 Å². The van der Waals surface area contributed by atoms with Crippen LogP contribution in [0.4, 0.5) is 0 Å². The molecule has 1 fully saturated rings. The van der Waals surface area contributed by atoms with Gasteiger partial charge in [0.15, 0.2) is 5.78 Å². The van der Waals surface area contributed by atoms with E-state index < -0.39 is 18.3 Å². The Labute approximate surface area is 132 Å². The minimum Gasteiger partial charge on any atom is -0.400 e. The van der Waals surface area contributed by atoms with Crippen LogP contribution in [0.15, 0.2) is 29.7 Å². The highest BCUT2D eigenvalue weighted by molar-refractivity contribution is 6.56. The van der Waals surface area contributed by atoms with E-state index in [2.05, 4.69) is 0 Å². The normalized spacial score (nSPS) is 20.3. The smallest absolute Gasteiger partial charge is 0.400 e. The first kappa shape index (κ1) is 16.9. The van der Waals surface area contributed by atoms with Gasteiger partial charge >= 0.3 is 7.12 Å². The summed E-state index contributed by atoms with van der Waals surface area (Å²) in [5.41, 5.74) is 7.40. The van der Waals surface area contributed by atoms with E-state index >= 15 is 0 Å². The van der Waals surface area contributed by atoms with Gasteiger partial charge in [-0.05, 0) is 45.7 Å². The lowest BCUT2D eigenvalue weighted by molar-refractivity contribution is 0.00578. The molecule has 2 rings (SSSR count). The van der Waals surface area contributed by atoms with Crippen molar-refractivity contribution in [3.63, 3.8) is 0 Å². The number of Topliss-reactive ketones (excluding diaryl/α,β-unsaturated/α-hetero) is 1. The molecule has 0 atom stereocenters. The highest BCUT2D eigenvalue weighted by atomic mass is 16.7. The summed E-state index contributed by atoms with van der Waals surface area (Å²) in [5.74, 6) is 0.0251. The predicted octanol–water partition coefficient (Wildman–Crippen LogP) is 2.86. The maximum Gasteiger partial charge on any atom is 0.491 e. The highest BCUT2D eigenvalue weighted by Crippen LogP contribution is 2.38. The Balaban J connectivity index is 2.36. The molecule has 22 heavy (non-hydrogen) atoms. The molecule has 5 heteroatoms. The third-order valence-corrected chi connectivity index (χ3v) is 4.47. The molecule has 0 unspecified atom stereocenters. The third kappa shape index (κ3) is 3.17. The molecular formula is C17H24BNO3. The van der Waals surface area contributed by atoms with Crippen LogP contribution in [0.25, 0.3) is 6.08 Å². The average molecular weight is 301 g/mol. The van der Waals surface area contributed by atoms with E-state index in [1.807, 2.05) is 58.0 Å². The van der Waals surface area contributed by atoms with E-state index in [1.54, 1.807) is 6.92 Å². The van der Waals surface area contributed by atoms with Crippen LogP contribution in [-0.2, 0) is 9.31 Å². The van der Waals surface area contributed by atoms with Gasteiger partial charge in [0.1, 0.15) is 0 Å². The van der Waals surface area contributed by atoms with E-state index in [4.69, 9.17) is 15.0 Å². The van der Waals surface area contributed by atoms with Crippen molar-refractivity contribution in [2.24, 2.45) is 5.73 Å². The summed E-state index contributed by atoms with van der Waals surface area (Å²) in [6, 6.07) is 7.46. The lowest BCUT2D eigenvalue weighted by Gasteiger charge is -2.32. The van der Waals surface area contributed by atoms with Crippen molar-refractivity contribution in [2.75, 3.05) is 6.54 Å². The molecule has 0 saturated carbocycles. The molecule has 118 valence electrons. The number of hydrogen-bond donors (Lipinski definition) is 1. The van der Waals surface area contributed by atoms with Gasteiger partial charge in [-0.1, -0.05) is 30.3 Å². The average Bonchev–Trinajstić information content (AvgIpc) is 2.64. The summed E-state index contributed by atoms with van der Waals surface area (Å²) in [6.45, 7) is 9.89. The van der Waals surface area contributed by atoms with Crippen LogP contribution >= 0.6 is 0 Å². The van der Waals surface area contributed by atoms with E-state index in [0.717, 1.165) is 11.0 Å². The number of carbonyl (C=O) groups is 1. The molecular weight excluding hydrogens is 277 g/mol. The molecule has 1 saturated heterocycles.